The number of aromatic amines is 1. The Bertz CT molecular complexity index is 726. The van der Waals surface area contributed by atoms with Gasteiger partial charge in [-0.3, -0.25) is 14.8 Å². The predicted octanol–water partition coefficient (Wildman–Crippen LogP) is 0.452. The number of sulfonamides is 1. The Balaban J connectivity index is 2.33. The number of benzene rings is 1. The van der Waals surface area contributed by atoms with Gasteiger partial charge < -0.3 is 0 Å². The number of halogens is 2. The topological polar surface area (TPSA) is 117 Å². The highest BCUT2D eigenvalue weighted by molar-refractivity contribution is 7.92. The fraction of sp³-hybridized carbons (Fsp3) is 0. The van der Waals surface area contributed by atoms with Crippen LogP contribution in [0.2, 0.25) is 0 Å². The van der Waals surface area contributed by atoms with Gasteiger partial charge in [0.25, 0.3) is 15.2 Å². The molecule has 1 aromatic heterocycles. The van der Waals surface area contributed by atoms with Crippen molar-refractivity contribution in [2.75, 3.05) is 10.0 Å². The van der Waals surface area contributed by atoms with Crippen LogP contribution >= 0.6 is 0 Å². The van der Waals surface area contributed by atoms with Crippen LogP contribution < -0.4 is 10.0 Å². The number of para-hydroxylation sites is 1. The highest BCUT2D eigenvalue weighted by atomic mass is 32.2. The van der Waals surface area contributed by atoms with Crippen molar-refractivity contribution in [3.63, 3.8) is 0 Å². The molecular formula is C9H7F2N5O3S. The zero-order chi connectivity index (χ0) is 14.8. The van der Waals surface area contributed by atoms with Crippen LogP contribution in [0.4, 0.5) is 20.4 Å². The Kier molecular flexibility index (Phi) is 3.61. The Labute approximate surface area is 111 Å². The van der Waals surface area contributed by atoms with Crippen molar-refractivity contribution < 1.29 is 22.0 Å². The smallest absolute Gasteiger partial charge is 0.296 e. The number of anilines is 2. The molecule has 0 saturated heterocycles. The van der Waals surface area contributed by atoms with Crippen molar-refractivity contribution in [2.24, 2.45) is 0 Å². The quantitative estimate of drug-likeness (QED) is 0.693. The molecule has 0 saturated carbocycles. The molecule has 1 heterocycles. The van der Waals surface area contributed by atoms with Crippen molar-refractivity contribution in [2.45, 2.75) is 5.16 Å². The molecular weight excluding hydrogens is 296 g/mol. The number of H-pyrrole nitrogens is 1. The number of carbonyl (C=O) groups is 1. The van der Waals surface area contributed by atoms with E-state index in [1.165, 1.54) is 0 Å². The first kappa shape index (κ1) is 13.9. The molecule has 0 radical (unpaired) electrons. The maximum atomic E-state index is 13.4. The van der Waals surface area contributed by atoms with Crippen molar-refractivity contribution in [3.8, 4) is 0 Å². The third-order valence-electron chi connectivity index (χ3n) is 2.11. The first-order chi connectivity index (χ1) is 9.44. The Morgan fingerprint density at radius 2 is 1.90 bits per heavy atom. The average Bonchev–Trinajstić information content (AvgIpc) is 2.84. The van der Waals surface area contributed by atoms with Crippen LogP contribution in [0.3, 0.4) is 0 Å². The van der Waals surface area contributed by atoms with Gasteiger partial charge in [0.1, 0.15) is 17.3 Å². The summed E-state index contributed by atoms with van der Waals surface area (Å²) < 4.78 is 52.1. The van der Waals surface area contributed by atoms with Crippen LogP contribution in [0.25, 0.3) is 0 Å². The number of rotatable bonds is 5. The summed E-state index contributed by atoms with van der Waals surface area (Å²) in [5.74, 6) is -2.46. The van der Waals surface area contributed by atoms with E-state index in [-0.39, 0.29) is 12.4 Å². The average molecular weight is 303 g/mol. The third-order valence-corrected chi connectivity index (χ3v) is 3.27. The lowest BCUT2D eigenvalue weighted by Crippen LogP contribution is -2.16. The molecule has 0 fully saturated rings. The summed E-state index contributed by atoms with van der Waals surface area (Å²) >= 11 is 0. The van der Waals surface area contributed by atoms with E-state index >= 15 is 0 Å². The monoisotopic (exact) mass is 303 g/mol. The second kappa shape index (κ2) is 5.21. The molecule has 0 unspecified atom stereocenters. The maximum absolute atomic E-state index is 13.4. The summed E-state index contributed by atoms with van der Waals surface area (Å²) in [5.41, 5.74) is -0.839. The molecule has 3 N–H and O–H groups in total. The van der Waals surface area contributed by atoms with Gasteiger partial charge in [-0.1, -0.05) is 6.07 Å². The van der Waals surface area contributed by atoms with Gasteiger partial charge in [0, 0.05) is 0 Å². The second-order valence-corrected chi connectivity index (χ2v) is 5.03. The van der Waals surface area contributed by atoms with E-state index in [1.807, 2.05) is 10.4 Å². The van der Waals surface area contributed by atoms with E-state index in [1.54, 1.807) is 4.72 Å². The molecule has 0 aliphatic rings. The number of hydrogen-bond donors (Lipinski definition) is 3. The van der Waals surface area contributed by atoms with Gasteiger partial charge in [-0.25, -0.2) is 13.9 Å². The van der Waals surface area contributed by atoms with E-state index in [2.05, 4.69) is 10.1 Å². The number of carbonyl (C=O) groups excluding carboxylic acids is 1. The largest absolute Gasteiger partial charge is 0.297 e. The first-order valence-electron chi connectivity index (χ1n) is 5.03. The molecule has 8 nitrogen and oxygen atoms in total. The van der Waals surface area contributed by atoms with Gasteiger partial charge in [0.05, 0.1) is 0 Å². The number of nitrogens with zero attached hydrogens (tertiary/aromatic N) is 2. The van der Waals surface area contributed by atoms with E-state index < -0.39 is 32.5 Å². The normalized spacial score (nSPS) is 11.1. The van der Waals surface area contributed by atoms with E-state index in [0.29, 0.717) is 0 Å². The summed E-state index contributed by atoms with van der Waals surface area (Å²) in [7, 11) is -4.37. The molecule has 0 atom stereocenters. The van der Waals surface area contributed by atoms with Crippen LogP contribution in [0.1, 0.15) is 0 Å². The zero-order valence-corrected chi connectivity index (χ0v) is 10.4. The fourth-order valence-corrected chi connectivity index (χ4v) is 2.20. The Morgan fingerprint density at radius 1 is 1.25 bits per heavy atom. The van der Waals surface area contributed by atoms with Gasteiger partial charge in [-0.05, 0) is 12.1 Å². The molecule has 11 heteroatoms. The van der Waals surface area contributed by atoms with Crippen molar-refractivity contribution >= 4 is 28.1 Å². The SMILES string of the molecule is O=CNc1n[nH]c(S(=O)(=O)Nc2c(F)cccc2F)n1. The van der Waals surface area contributed by atoms with Gasteiger partial charge in [0.2, 0.25) is 12.4 Å². The lowest BCUT2D eigenvalue weighted by molar-refractivity contribution is -0.105. The molecule has 0 bridgehead atoms. The minimum atomic E-state index is -4.37. The van der Waals surface area contributed by atoms with Crippen LogP contribution in [0.15, 0.2) is 23.4 Å². The number of nitrogens with one attached hydrogen (secondary N) is 3. The third kappa shape index (κ3) is 2.71. The summed E-state index contributed by atoms with van der Waals surface area (Å²) in [4.78, 5) is 13.6. The molecule has 1 aromatic carbocycles. The van der Waals surface area contributed by atoms with Crippen LogP contribution in [-0.2, 0) is 14.8 Å². The molecule has 0 aliphatic heterocycles. The summed E-state index contributed by atoms with van der Waals surface area (Å²) in [6.45, 7) is 0. The van der Waals surface area contributed by atoms with Gasteiger partial charge >= 0.3 is 0 Å². The minimum absolute atomic E-state index is 0.240. The predicted molar refractivity (Wildman–Crippen MR) is 63.2 cm³/mol. The summed E-state index contributed by atoms with van der Waals surface area (Å²) in [5, 5.41) is 6.69. The molecule has 1 amide bonds. The second-order valence-electron chi connectivity index (χ2n) is 3.43. The minimum Gasteiger partial charge on any atom is -0.296 e. The highest BCUT2D eigenvalue weighted by Gasteiger charge is 2.22. The summed E-state index contributed by atoms with van der Waals surface area (Å²) in [6, 6.07) is 2.87. The number of hydrogen-bond acceptors (Lipinski definition) is 5. The number of aromatic nitrogens is 3. The first-order valence-corrected chi connectivity index (χ1v) is 6.52. The van der Waals surface area contributed by atoms with Crippen molar-refractivity contribution in [3.05, 3.63) is 29.8 Å². The van der Waals surface area contributed by atoms with Gasteiger partial charge in [0.15, 0.2) is 0 Å². The van der Waals surface area contributed by atoms with Crippen molar-refractivity contribution in [1.82, 2.24) is 15.2 Å². The molecule has 2 aromatic rings. The molecule has 106 valence electrons. The number of amides is 1. The molecule has 20 heavy (non-hydrogen) atoms. The molecule has 0 aliphatic carbocycles. The van der Waals surface area contributed by atoms with Crippen LogP contribution in [-0.4, -0.2) is 30.0 Å². The lowest BCUT2D eigenvalue weighted by atomic mass is 10.3. The Hall–Kier alpha value is -2.56. The lowest BCUT2D eigenvalue weighted by Gasteiger charge is -2.07. The highest BCUT2D eigenvalue weighted by Crippen LogP contribution is 2.21. The van der Waals surface area contributed by atoms with Gasteiger partial charge in [-0.2, -0.15) is 13.4 Å². The standard InChI is InChI=1S/C9H7F2N5O3S/c10-5-2-1-3-6(11)7(5)16-20(18,19)9-13-8(12-4-17)14-15-9/h1-4,16H,(H2,12,13,14,15,17). The van der Waals surface area contributed by atoms with Crippen LogP contribution in [0, 0.1) is 11.6 Å². The van der Waals surface area contributed by atoms with Crippen molar-refractivity contribution in [1.29, 1.82) is 0 Å². The maximum Gasteiger partial charge on any atom is 0.297 e. The van der Waals surface area contributed by atoms with E-state index in [4.69, 9.17) is 0 Å². The molecule has 2 rings (SSSR count). The summed E-state index contributed by atoms with van der Waals surface area (Å²) in [6.07, 6.45) is 0.240. The Morgan fingerprint density at radius 3 is 2.50 bits per heavy atom. The van der Waals surface area contributed by atoms with E-state index in [0.717, 1.165) is 18.2 Å². The van der Waals surface area contributed by atoms with Gasteiger partial charge in [-0.15, -0.1) is 5.10 Å². The van der Waals surface area contributed by atoms with Crippen LogP contribution in [0.5, 0.6) is 0 Å². The molecule has 0 spiro atoms. The fourth-order valence-electron chi connectivity index (χ4n) is 1.26. The zero-order valence-electron chi connectivity index (χ0n) is 9.59. The van der Waals surface area contributed by atoms with E-state index in [9.17, 15) is 22.0 Å².